The molecule has 0 aromatic carbocycles. The fourth-order valence-corrected chi connectivity index (χ4v) is 2.39. The molecule has 2 atom stereocenters. The van der Waals surface area contributed by atoms with E-state index in [9.17, 15) is 10.2 Å². The van der Waals surface area contributed by atoms with Crippen molar-refractivity contribution >= 4 is 15.9 Å². The fourth-order valence-electron chi connectivity index (χ4n) is 2.17. The van der Waals surface area contributed by atoms with E-state index in [-0.39, 0.29) is 6.61 Å². The van der Waals surface area contributed by atoms with Gasteiger partial charge in [0.1, 0.15) is 12.2 Å². The smallest absolute Gasteiger partial charge is 0.213 e. The van der Waals surface area contributed by atoms with Crippen molar-refractivity contribution in [3.63, 3.8) is 0 Å². The Bertz CT molecular complexity index is 427. The van der Waals surface area contributed by atoms with Gasteiger partial charge >= 0.3 is 0 Å². The van der Waals surface area contributed by atoms with E-state index in [4.69, 9.17) is 4.74 Å². The van der Waals surface area contributed by atoms with Gasteiger partial charge in [-0.05, 0) is 41.8 Å². The molecule has 1 aliphatic rings. The van der Waals surface area contributed by atoms with Crippen LogP contribution in [0.25, 0.3) is 0 Å². The number of aliphatic hydroxyl groups excluding tert-OH is 1. The van der Waals surface area contributed by atoms with Gasteiger partial charge in [-0.25, -0.2) is 4.98 Å². The van der Waals surface area contributed by atoms with Gasteiger partial charge in [-0.15, -0.1) is 0 Å². The molecule has 0 bridgehead atoms. The lowest BCUT2D eigenvalue weighted by molar-refractivity contribution is -0.121. The van der Waals surface area contributed by atoms with E-state index in [0.29, 0.717) is 18.7 Å². The van der Waals surface area contributed by atoms with Crippen LogP contribution in [-0.2, 0) is 0 Å². The van der Waals surface area contributed by atoms with E-state index in [1.807, 2.05) is 13.0 Å². The van der Waals surface area contributed by atoms with E-state index in [1.54, 1.807) is 6.07 Å². The molecule has 5 heteroatoms. The van der Waals surface area contributed by atoms with E-state index < -0.39 is 11.7 Å². The van der Waals surface area contributed by atoms with Crippen molar-refractivity contribution < 1.29 is 14.9 Å². The van der Waals surface area contributed by atoms with Crippen LogP contribution in [-0.4, -0.2) is 33.5 Å². The summed E-state index contributed by atoms with van der Waals surface area (Å²) >= 11 is 3.37. The minimum atomic E-state index is -1.14. The Hall–Kier alpha value is -0.650. The van der Waals surface area contributed by atoms with Crippen LogP contribution in [0.2, 0.25) is 0 Å². The average Bonchev–Trinajstić information content (AvgIpc) is 2.35. The number of rotatable bonds is 3. The highest BCUT2D eigenvalue weighted by Crippen LogP contribution is 2.29. The average molecular weight is 316 g/mol. The van der Waals surface area contributed by atoms with Gasteiger partial charge in [0, 0.05) is 10.5 Å². The molecule has 2 N–H and O–H groups in total. The van der Waals surface area contributed by atoms with Gasteiger partial charge in [0.2, 0.25) is 5.88 Å². The number of aliphatic hydroxyl groups is 2. The molecule has 1 aliphatic carbocycles. The first-order valence-corrected chi connectivity index (χ1v) is 6.97. The number of ether oxygens (including phenoxy) is 1. The highest BCUT2D eigenvalue weighted by Gasteiger charge is 2.38. The zero-order valence-electron chi connectivity index (χ0n) is 10.4. The minimum Gasteiger partial charge on any atom is -0.474 e. The Morgan fingerprint density at radius 2 is 2.28 bits per heavy atom. The molecule has 0 amide bonds. The lowest BCUT2D eigenvalue weighted by atomic mass is 9.83. The lowest BCUT2D eigenvalue weighted by Crippen LogP contribution is -2.49. The van der Waals surface area contributed by atoms with Crippen LogP contribution >= 0.6 is 15.9 Å². The number of hydrogen-bond acceptors (Lipinski definition) is 4. The monoisotopic (exact) mass is 315 g/mol. The molecule has 1 fully saturated rings. The van der Waals surface area contributed by atoms with E-state index in [2.05, 4.69) is 20.9 Å². The molecule has 0 radical (unpaired) electrons. The SMILES string of the molecule is Cc1nc(OCC2(O)CCCCC2O)ccc1Br. The Balaban J connectivity index is 1.99. The summed E-state index contributed by atoms with van der Waals surface area (Å²) in [7, 11) is 0. The van der Waals surface area contributed by atoms with Crippen LogP contribution in [0, 0.1) is 6.92 Å². The van der Waals surface area contributed by atoms with Gasteiger partial charge in [0.15, 0.2) is 0 Å². The number of aryl methyl sites for hydroxylation is 1. The lowest BCUT2D eigenvalue weighted by Gasteiger charge is -2.36. The summed E-state index contributed by atoms with van der Waals surface area (Å²) in [6, 6.07) is 3.61. The third kappa shape index (κ3) is 3.02. The van der Waals surface area contributed by atoms with Gasteiger partial charge in [-0.1, -0.05) is 12.8 Å². The topological polar surface area (TPSA) is 62.6 Å². The summed E-state index contributed by atoms with van der Waals surface area (Å²) < 4.78 is 6.44. The number of halogens is 1. The molecular formula is C13H18BrNO3. The zero-order chi connectivity index (χ0) is 13.2. The molecule has 0 aliphatic heterocycles. The maximum Gasteiger partial charge on any atom is 0.213 e. The van der Waals surface area contributed by atoms with Gasteiger partial charge in [-0.2, -0.15) is 0 Å². The summed E-state index contributed by atoms with van der Waals surface area (Å²) in [6.07, 6.45) is 2.38. The molecule has 2 rings (SSSR count). The molecule has 4 nitrogen and oxygen atoms in total. The van der Waals surface area contributed by atoms with Crippen molar-refractivity contribution in [2.45, 2.75) is 44.3 Å². The number of pyridine rings is 1. The molecule has 0 saturated heterocycles. The Kier molecular flexibility index (Phi) is 4.25. The third-order valence-corrected chi connectivity index (χ3v) is 4.26. The van der Waals surface area contributed by atoms with Crippen LogP contribution in [0.1, 0.15) is 31.4 Å². The van der Waals surface area contributed by atoms with E-state index in [1.165, 1.54) is 0 Å². The van der Waals surface area contributed by atoms with Gasteiger partial charge in [-0.3, -0.25) is 0 Å². The molecule has 1 heterocycles. The third-order valence-electron chi connectivity index (χ3n) is 3.42. The molecule has 2 unspecified atom stereocenters. The normalized spacial score (nSPS) is 28.1. The van der Waals surface area contributed by atoms with Gasteiger partial charge < -0.3 is 14.9 Å². The van der Waals surface area contributed by atoms with Crippen LogP contribution in [0.15, 0.2) is 16.6 Å². The molecule has 1 aromatic heterocycles. The quantitative estimate of drug-likeness (QED) is 0.897. The summed E-state index contributed by atoms with van der Waals surface area (Å²) in [5.74, 6) is 0.474. The second-order valence-electron chi connectivity index (χ2n) is 4.87. The van der Waals surface area contributed by atoms with Crippen LogP contribution in [0.4, 0.5) is 0 Å². The maximum absolute atomic E-state index is 10.3. The van der Waals surface area contributed by atoms with Crippen molar-refractivity contribution in [2.75, 3.05) is 6.61 Å². The number of hydrogen-bond donors (Lipinski definition) is 2. The summed E-state index contributed by atoms with van der Waals surface area (Å²) in [5.41, 5.74) is -0.301. The zero-order valence-corrected chi connectivity index (χ0v) is 12.0. The summed E-state index contributed by atoms with van der Waals surface area (Å²) in [4.78, 5) is 4.25. The Morgan fingerprint density at radius 3 is 2.94 bits per heavy atom. The number of aromatic nitrogens is 1. The second-order valence-corrected chi connectivity index (χ2v) is 5.72. The first-order valence-electron chi connectivity index (χ1n) is 6.18. The first-order chi connectivity index (χ1) is 8.51. The Morgan fingerprint density at radius 1 is 1.50 bits per heavy atom. The highest BCUT2D eigenvalue weighted by molar-refractivity contribution is 9.10. The Labute approximate surface area is 115 Å². The van der Waals surface area contributed by atoms with Crippen molar-refractivity contribution in [3.05, 3.63) is 22.3 Å². The van der Waals surface area contributed by atoms with Crippen molar-refractivity contribution in [1.29, 1.82) is 0 Å². The predicted molar refractivity (Wildman–Crippen MR) is 71.6 cm³/mol. The van der Waals surface area contributed by atoms with Gasteiger partial charge in [0.05, 0.1) is 11.8 Å². The standard InChI is InChI=1S/C13H18BrNO3/c1-9-10(14)5-6-12(15-9)18-8-13(17)7-3-2-4-11(13)16/h5-6,11,16-17H,2-4,7-8H2,1H3. The maximum atomic E-state index is 10.3. The van der Waals surface area contributed by atoms with Crippen LogP contribution in [0.5, 0.6) is 5.88 Å². The highest BCUT2D eigenvalue weighted by atomic mass is 79.9. The molecule has 100 valence electrons. The fraction of sp³-hybridized carbons (Fsp3) is 0.615. The van der Waals surface area contributed by atoms with Crippen molar-refractivity contribution in [1.82, 2.24) is 4.98 Å². The van der Waals surface area contributed by atoms with Crippen molar-refractivity contribution in [2.24, 2.45) is 0 Å². The summed E-state index contributed by atoms with van der Waals surface area (Å²) in [6.45, 7) is 1.96. The van der Waals surface area contributed by atoms with E-state index in [0.717, 1.165) is 23.0 Å². The predicted octanol–water partition coefficient (Wildman–Crippen LogP) is 2.20. The summed E-state index contributed by atoms with van der Waals surface area (Å²) in [5, 5.41) is 20.2. The second kappa shape index (κ2) is 5.55. The molecule has 1 saturated carbocycles. The minimum absolute atomic E-state index is 0.0856. The van der Waals surface area contributed by atoms with Crippen LogP contribution < -0.4 is 4.74 Å². The largest absolute Gasteiger partial charge is 0.474 e. The van der Waals surface area contributed by atoms with E-state index >= 15 is 0 Å². The first kappa shape index (κ1) is 13.8. The number of nitrogens with zero attached hydrogens (tertiary/aromatic N) is 1. The molecule has 0 spiro atoms. The molecular weight excluding hydrogens is 298 g/mol. The van der Waals surface area contributed by atoms with Crippen molar-refractivity contribution in [3.8, 4) is 5.88 Å². The van der Waals surface area contributed by atoms with Crippen LogP contribution in [0.3, 0.4) is 0 Å². The molecule has 1 aromatic rings. The van der Waals surface area contributed by atoms with Gasteiger partial charge in [0.25, 0.3) is 0 Å². The molecule has 18 heavy (non-hydrogen) atoms.